The number of rotatable bonds is 2. The Bertz CT molecular complexity index is 562. The molecule has 18 heavy (non-hydrogen) atoms. The van der Waals surface area contributed by atoms with Gasteiger partial charge < -0.3 is 5.32 Å². The van der Waals surface area contributed by atoms with Gasteiger partial charge in [-0.05, 0) is 42.8 Å². The first-order valence-corrected chi connectivity index (χ1v) is 6.01. The molecule has 1 aromatic carbocycles. The van der Waals surface area contributed by atoms with Crippen LogP contribution >= 0.6 is 23.2 Å². The summed E-state index contributed by atoms with van der Waals surface area (Å²) in [6.45, 7) is 1.85. The van der Waals surface area contributed by atoms with Crippen LogP contribution in [0, 0.1) is 6.92 Å². The molecule has 0 unspecified atom stereocenters. The van der Waals surface area contributed by atoms with Crippen molar-refractivity contribution in [2.24, 2.45) is 0 Å². The number of aryl methyl sites for hydroxylation is 1. The molecule has 0 spiro atoms. The summed E-state index contributed by atoms with van der Waals surface area (Å²) >= 11 is 11.7. The van der Waals surface area contributed by atoms with Crippen molar-refractivity contribution >= 4 is 34.8 Å². The van der Waals surface area contributed by atoms with Crippen molar-refractivity contribution in [1.29, 1.82) is 0 Å². The SMILES string of the molecule is Cc1ccnc(Cl)c1NC(=O)c1ccc(Cl)cc1. The fourth-order valence-electron chi connectivity index (χ4n) is 1.46. The standard InChI is InChI=1S/C13H10Cl2N2O/c1-8-6-7-16-12(15)11(8)17-13(18)9-2-4-10(14)5-3-9/h2-7H,1H3,(H,17,18). The topological polar surface area (TPSA) is 42.0 Å². The number of carbonyl (C=O) groups is 1. The van der Waals surface area contributed by atoms with E-state index in [4.69, 9.17) is 23.2 Å². The van der Waals surface area contributed by atoms with Crippen molar-refractivity contribution in [3.8, 4) is 0 Å². The Morgan fingerprint density at radius 1 is 1.17 bits per heavy atom. The van der Waals surface area contributed by atoms with Gasteiger partial charge >= 0.3 is 0 Å². The van der Waals surface area contributed by atoms with Gasteiger partial charge in [0.25, 0.3) is 5.91 Å². The average Bonchev–Trinajstić information content (AvgIpc) is 2.34. The van der Waals surface area contributed by atoms with E-state index >= 15 is 0 Å². The third-order valence-corrected chi connectivity index (χ3v) is 3.00. The monoisotopic (exact) mass is 280 g/mol. The predicted molar refractivity (Wildman–Crippen MR) is 73.4 cm³/mol. The Morgan fingerprint density at radius 3 is 2.44 bits per heavy atom. The van der Waals surface area contributed by atoms with E-state index in [1.165, 1.54) is 0 Å². The van der Waals surface area contributed by atoms with E-state index in [-0.39, 0.29) is 11.1 Å². The highest BCUT2D eigenvalue weighted by molar-refractivity contribution is 6.33. The second kappa shape index (κ2) is 5.38. The van der Waals surface area contributed by atoms with Gasteiger partial charge in [-0.3, -0.25) is 4.79 Å². The highest BCUT2D eigenvalue weighted by Gasteiger charge is 2.10. The number of nitrogens with zero attached hydrogens (tertiary/aromatic N) is 1. The number of hydrogen-bond acceptors (Lipinski definition) is 2. The molecule has 1 heterocycles. The molecule has 0 aliphatic rings. The average molecular weight is 281 g/mol. The molecule has 3 nitrogen and oxygen atoms in total. The van der Waals surface area contributed by atoms with Crippen molar-refractivity contribution in [1.82, 2.24) is 4.98 Å². The third-order valence-electron chi connectivity index (χ3n) is 2.46. The van der Waals surface area contributed by atoms with E-state index in [2.05, 4.69) is 10.3 Å². The molecule has 0 radical (unpaired) electrons. The number of pyridine rings is 1. The van der Waals surface area contributed by atoms with Gasteiger partial charge in [-0.1, -0.05) is 23.2 Å². The maximum Gasteiger partial charge on any atom is 0.255 e. The Morgan fingerprint density at radius 2 is 1.83 bits per heavy atom. The summed E-state index contributed by atoms with van der Waals surface area (Å²) in [4.78, 5) is 15.9. The van der Waals surface area contributed by atoms with E-state index in [1.807, 2.05) is 6.92 Å². The molecule has 0 bridgehead atoms. The summed E-state index contributed by atoms with van der Waals surface area (Å²) in [7, 11) is 0. The minimum Gasteiger partial charge on any atom is -0.319 e. The number of carbonyl (C=O) groups excluding carboxylic acids is 1. The summed E-state index contributed by atoms with van der Waals surface area (Å²) in [5.41, 5.74) is 1.90. The van der Waals surface area contributed by atoms with Crippen LogP contribution in [-0.2, 0) is 0 Å². The number of anilines is 1. The molecule has 0 saturated heterocycles. The quantitative estimate of drug-likeness (QED) is 0.847. The largest absolute Gasteiger partial charge is 0.319 e. The number of benzene rings is 1. The molecule has 0 aliphatic carbocycles. The normalized spacial score (nSPS) is 10.2. The highest BCUT2D eigenvalue weighted by atomic mass is 35.5. The molecule has 0 atom stereocenters. The lowest BCUT2D eigenvalue weighted by atomic mass is 10.2. The van der Waals surface area contributed by atoms with Gasteiger partial charge in [-0.25, -0.2) is 4.98 Å². The number of hydrogen-bond donors (Lipinski definition) is 1. The van der Waals surface area contributed by atoms with Crippen LogP contribution < -0.4 is 5.32 Å². The van der Waals surface area contributed by atoms with Crippen molar-refractivity contribution in [2.75, 3.05) is 5.32 Å². The molecule has 0 saturated carbocycles. The molecule has 92 valence electrons. The Labute approximate surface area is 115 Å². The zero-order valence-electron chi connectivity index (χ0n) is 9.58. The molecule has 1 aromatic heterocycles. The molecule has 5 heteroatoms. The fraction of sp³-hybridized carbons (Fsp3) is 0.0769. The molecular weight excluding hydrogens is 271 g/mol. The van der Waals surface area contributed by atoms with Gasteiger partial charge in [0.15, 0.2) is 5.15 Å². The summed E-state index contributed by atoms with van der Waals surface area (Å²) in [6, 6.07) is 8.40. The maximum absolute atomic E-state index is 12.0. The zero-order valence-corrected chi connectivity index (χ0v) is 11.1. The summed E-state index contributed by atoms with van der Waals surface area (Å²) in [5, 5.41) is 3.60. The highest BCUT2D eigenvalue weighted by Crippen LogP contribution is 2.23. The van der Waals surface area contributed by atoms with Gasteiger partial charge in [0.2, 0.25) is 0 Å². The molecule has 0 fully saturated rings. The minimum absolute atomic E-state index is 0.246. The van der Waals surface area contributed by atoms with Gasteiger partial charge in [0, 0.05) is 16.8 Å². The Hall–Kier alpha value is -1.58. The summed E-state index contributed by atoms with van der Waals surface area (Å²) < 4.78 is 0. The van der Waals surface area contributed by atoms with Crippen LogP contribution in [-0.4, -0.2) is 10.9 Å². The Balaban J connectivity index is 2.24. The lowest BCUT2D eigenvalue weighted by Gasteiger charge is -2.09. The maximum atomic E-state index is 12.0. The molecular formula is C13H10Cl2N2O. The number of aromatic nitrogens is 1. The van der Waals surface area contributed by atoms with Crippen molar-refractivity contribution in [3.05, 3.63) is 57.8 Å². The first-order valence-electron chi connectivity index (χ1n) is 5.26. The minimum atomic E-state index is -0.246. The molecule has 2 aromatic rings. The van der Waals surface area contributed by atoms with Crippen LogP contribution in [0.25, 0.3) is 0 Å². The third kappa shape index (κ3) is 2.81. The van der Waals surface area contributed by atoms with Crippen molar-refractivity contribution in [3.63, 3.8) is 0 Å². The predicted octanol–water partition coefficient (Wildman–Crippen LogP) is 3.95. The van der Waals surface area contributed by atoms with Crippen LogP contribution in [0.1, 0.15) is 15.9 Å². The van der Waals surface area contributed by atoms with E-state index < -0.39 is 0 Å². The fourth-order valence-corrected chi connectivity index (χ4v) is 1.84. The van der Waals surface area contributed by atoms with E-state index in [1.54, 1.807) is 36.5 Å². The lowest BCUT2D eigenvalue weighted by Crippen LogP contribution is -2.13. The molecule has 1 amide bonds. The smallest absolute Gasteiger partial charge is 0.255 e. The summed E-state index contributed by atoms with van der Waals surface area (Å²) in [6.07, 6.45) is 1.59. The van der Waals surface area contributed by atoms with Gasteiger partial charge in [-0.15, -0.1) is 0 Å². The van der Waals surface area contributed by atoms with Crippen LogP contribution in [0.15, 0.2) is 36.5 Å². The van der Waals surface area contributed by atoms with Crippen LogP contribution in [0.2, 0.25) is 10.2 Å². The van der Waals surface area contributed by atoms with Crippen LogP contribution in [0.3, 0.4) is 0 Å². The second-order valence-corrected chi connectivity index (χ2v) is 4.55. The Kier molecular flexibility index (Phi) is 3.84. The van der Waals surface area contributed by atoms with Crippen LogP contribution in [0.5, 0.6) is 0 Å². The second-order valence-electron chi connectivity index (χ2n) is 3.75. The lowest BCUT2D eigenvalue weighted by molar-refractivity contribution is 0.102. The van der Waals surface area contributed by atoms with Crippen molar-refractivity contribution < 1.29 is 4.79 Å². The van der Waals surface area contributed by atoms with Gasteiger partial charge in [-0.2, -0.15) is 0 Å². The number of halogens is 2. The first-order chi connectivity index (χ1) is 8.58. The number of amides is 1. The zero-order chi connectivity index (χ0) is 13.1. The van der Waals surface area contributed by atoms with Crippen molar-refractivity contribution in [2.45, 2.75) is 6.92 Å². The van der Waals surface area contributed by atoms with E-state index in [0.29, 0.717) is 16.3 Å². The summed E-state index contributed by atoms with van der Waals surface area (Å²) in [5.74, 6) is -0.246. The number of nitrogens with one attached hydrogen (secondary N) is 1. The first kappa shape index (κ1) is 12.9. The van der Waals surface area contributed by atoms with E-state index in [9.17, 15) is 4.79 Å². The van der Waals surface area contributed by atoms with Gasteiger partial charge in [0.05, 0.1) is 5.69 Å². The van der Waals surface area contributed by atoms with E-state index in [0.717, 1.165) is 5.56 Å². The molecule has 1 N–H and O–H groups in total. The van der Waals surface area contributed by atoms with Gasteiger partial charge in [0.1, 0.15) is 0 Å². The van der Waals surface area contributed by atoms with Crippen LogP contribution in [0.4, 0.5) is 5.69 Å². The molecule has 0 aliphatic heterocycles. The molecule has 2 rings (SSSR count).